The van der Waals surface area contributed by atoms with Crippen LogP contribution in [-0.4, -0.2) is 41.2 Å². The van der Waals surface area contributed by atoms with Crippen LogP contribution in [0, 0.1) is 16.0 Å². The average Bonchev–Trinajstić information content (AvgIpc) is 3.36. The number of halogens is 2. The van der Waals surface area contributed by atoms with Crippen LogP contribution in [0.25, 0.3) is 6.08 Å². The lowest BCUT2D eigenvalue weighted by atomic mass is 9.77. The molecule has 0 radical (unpaired) electrons. The van der Waals surface area contributed by atoms with Crippen molar-refractivity contribution in [1.82, 2.24) is 5.01 Å². The number of methoxy groups -OCH3 is 1. The van der Waals surface area contributed by atoms with Gasteiger partial charge in [0.25, 0.3) is 5.91 Å². The summed E-state index contributed by atoms with van der Waals surface area (Å²) in [4.78, 5) is 36.9. The van der Waals surface area contributed by atoms with Gasteiger partial charge >= 0.3 is 11.7 Å². The van der Waals surface area contributed by atoms with Crippen molar-refractivity contribution in [2.45, 2.75) is 25.3 Å². The Morgan fingerprint density at radius 1 is 1.10 bits per heavy atom. The maximum absolute atomic E-state index is 13.5. The van der Waals surface area contributed by atoms with Gasteiger partial charge in [0.15, 0.2) is 12.4 Å². The van der Waals surface area contributed by atoms with E-state index in [-0.39, 0.29) is 22.9 Å². The van der Waals surface area contributed by atoms with Crippen LogP contribution in [0.1, 0.15) is 46.8 Å². The molecule has 1 fully saturated rings. The highest BCUT2D eigenvalue weighted by Gasteiger charge is 2.44. The minimum atomic E-state index is -0.877. The van der Waals surface area contributed by atoms with Crippen molar-refractivity contribution in [1.29, 1.82) is 0 Å². The molecule has 1 heterocycles. The van der Waals surface area contributed by atoms with E-state index in [0.29, 0.717) is 10.0 Å². The predicted molar refractivity (Wildman–Crippen MR) is 155 cm³/mol. The number of nitrogens with zero attached hydrogens (tertiary/aromatic N) is 3. The zero-order chi connectivity index (χ0) is 29.1. The first-order chi connectivity index (χ1) is 19.7. The van der Waals surface area contributed by atoms with Gasteiger partial charge in [-0.05, 0) is 78.4 Å². The summed E-state index contributed by atoms with van der Waals surface area (Å²) in [7, 11) is 1.29. The molecule has 1 amide bonds. The highest BCUT2D eigenvalue weighted by atomic mass is 35.5. The quantitative estimate of drug-likeness (QED) is 0.167. The van der Waals surface area contributed by atoms with Gasteiger partial charge in [-0.3, -0.25) is 14.9 Å². The lowest BCUT2D eigenvalue weighted by Crippen LogP contribution is -2.34. The van der Waals surface area contributed by atoms with Crippen molar-refractivity contribution in [3.05, 3.63) is 109 Å². The molecule has 2 unspecified atom stereocenters. The molecule has 2 aliphatic rings. The number of esters is 1. The van der Waals surface area contributed by atoms with E-state index in [4.69, 9.17) is 37.8 Å². The van der Waals surface area contributed by atoms with E-state index in [1.807, 2.05) is 42.5 Å². The largest absolute Gasteiger partial charge is 0.490 e. The number of rotatable bonds is 7. The van der Waals surface area contributed by atoms with Crippen molar-refractivity contribution in [2.75, 3.05) is 13.7 Å². The lowest BCUT2D eigenvalue weighted by Gasteiger charge is -2.29. The van der Waals surface area contributed by atoms with Crippen LogP contribution < -0.4 is 4.74 Å². The molecule has 1 aliphatic carbocycles. The third kappa shape index (κ3) is 6.11. The van der Waals surface area contributed by atoms with E-state index < -0.39 is 29.4 Å². The lowest BCUT2D eigenvalue weighted by molar-refractivity contribution is -0.385. The Kier molecular flexibility index (Phi) is 8.37. The molecule has 3 aromatic rings. The second-order valence-electron chi connectivity index (χ2n) is 9.66. The van der Waals surface area contributed by atoms with Crippen molar-refractivity contribution >= 4 is 52.6 Å². The number of hydrogen-bond acceptors (Lipinski definition) is 7. The third-order valence-corrected chi connectivity index (χ3v) is 7.58. The fraction of sp³-hybridized carbons (Fsp3) is 0.233. The van der Waals surface area contributed by atoms with Gasteiger partial charge in [0, 0.05) is 22.0 Å². The molecule has 0 aromatic heterocycles. The fourth-order valence-corrected chi connectivity index (χ4v) is 5.56. The van der Waals surface area contributed by atoms with Gasteiger partial charge in [-0.25, -0.2) is 9.80 Å². The van der Waals surface area contributed by atoms with E-state index >= 15 is 0 Å². The Morgan fingerprint density at radius 3 is 2.59 bits per heavy atom. The van der Waals surface area contributed by atoms with E-state index in [2.05, 4.69) is 0 Å². The number of nitro benzene ring substituents is 1. The van der Waals surface area contributed by atoms with Crippen LogP contribution in [0.5, 0.6) is 5.75 Å². The fourth-order valence-electron chi connectivity index (χ4n) is 5.23. The monoisotopic (exact) mass is 593 g/mol. The Labute approximate surface area is 246 Å². The summed E-state index contributed by atoms with van der Waals surface area (Å²) in [6.45, 7) is -0.598. The molecule has 5 rings (SSSR count). The Balaban J connectivity index is 1.42. The van der Waals surface area contributed by atoms with Gasteiger partial charge < -0.3 is 9.47 Å². The zero-order valence-electron chi connectivity index (χ0n) is 22.0. The molecular formula is C30H25Cl2N3O6. The first-order valence-corrected chi connectivity index (χ1v) is 13.6. The van der Waals surface area contributed by atoms with Crippen LogP contribution in [0.15, 0.2) is 77.4 Å². The van der Waals surface area contributed by atoms with Gasteiger partial charge in [0.2, 0.25) is 0 Å². The number of hydrogen-bond donors (Lipinski definition) is 0. The SMILES string of the molecule is COc1ccc(C(=O)OCC(=O)N2N=C3C(=Cc4cccc(Cl)c4)CCCC3C2c2ccc(Cl)cc2)cc1[N+](=O)[O-]. The van der Waals surface area contributed by atoms with Gasteiger partial charge in [-0.1, -0.05) is 47.5 Å². The van der Waals surface area contributed by atoms with E-state index in [1.54, 1.807) is 12.1 Å². The Hall–Kier alpha value is -4.21. The van der Waals surface area contributed by atoms with Crippen LogP contribution >= 0.6 is 23.2 Å². The topological polar surface area (TPSA) is 111 Å². The molecular weight excluding hydrogens is 569 g/mol. The molecule has 1 aliphatic heterocycles. The molecule has 0 saturated heterocycles. The maximum atomic E-state index is 13.5. The number of nitro groups is 1. The van der Waals surface area contributed by atoms with Gasteiger partial charge in [0.1, 0.15) is 0 Å². The number of benzene rings is 3. The summed E-state index contributed by atoms with van der Waals surface area (Å²) in [5.41, 5.74) is 3.15. The average molecular weight is 594 g/mol. The standard InChI is InChI=1S/C30H25Cl2N3O6/c1-40-26-13-10-21(16-25(26)35(38)39)30(37)41-17-27(36)34-29(19-8-11-22(31)12-9-19)24-7-3-5-20(28(24)33-34)14-18-4-2-6-23(32)15-18/h2,4,6,8-16,24,29H,3,5,7,17H2,1H3. The summed E-state index contributed by atoms with van der Waals surface area (Å²) in [5, 5.41) is 18.7. The highest BCUT2D eigenvalue weighted by Crippen LogP contribution is 2.44. The number of carbonyl (C=O) groups excluding carboxylic acids is 2. The van der Waals surface area contributed by atoms with Crippen molar-refractivity contribution in [3.8, 4) is 5.75 Å². The van der Waals surface area contributed by atoms with Crippen molar-refractivity contribution in [2.24, 2.45) is 11.0 Å². The first-order valence-electron chi connectivity index (χ1n) is 12.9. The third-order valence-electron chi connectivity index (χ3n) is 7.10. The summed E-state index contributed by atoms with van der Waals surface area (Å²) in [6.07, 6.45) is 4.56. The van der Waals surface area contributed by atoms with Gasteiger partial charge in [-0.2, -0.15) is 5.10 Å². The van der Waals surface area contributed by atoms with E-state index in [0.717, 1.165) is 47.7 Å². The summed E-state index contributed by atoms with van der Waals surface area (Å²) < 4.78 is 10.3. The smallest absolute Gasteiger partial charge is 0.338 e. The summed E-state index contributed by atoms with van der Waals surface area (Å²) in [6, 6.07) is 18.1. The Morgan fingerprint density at radius 2 is 1.88 bits per heavy atom. The van der Waals surface area contributed by atoms with Crippen LogP contribution in [0.3, 0.4) is 0 Å². The minimum absolute atomic E-state index is 0.00515. The molecule has 2 atom stereocenters. The normalized spacial score (nSPS) is 19.0. The molecule has 1 saturated carbocycles. The van der Waals surface area contributed by atoms with Gasteiger partial charge in [0.05, 0.1) is 29.4 Å². The molecule has 9 nitrogen and oxygen atoms in total. The minimum Gasteiger partial charge on any atom is -0.490 e. The maximum Gasteiger partial charge on any atom is 0.338 e. The molecule has 210 valence electrons. The van der Waals surface area contributed by atoms with E-state index in [9.17, 15) is 19.7 Å². The zero-order valence-corrected chi connectivity index (χ0v) is 23.5. The van der Waals surface area contributed by atoms with Gasteiger partial charge in [-0.15, -0.1) is 0 Å². The second-order valence-corrected chi connectivity index (χ2v) is 10.5. The van der Waals surface area contributed by atoms with Crippen molar-refractivity contribution in [3.63, 3.8) is 0 Å². The van der Waals surface area contributed by atoms with Crippen molar-refractivity contribution < 1.29 is 24.0 Å². The molecule has 0 spiro atoms. The van der Waals surface area contributed by atoms with E-state index in [1.165, 1.54) is 24.3 Å². The molecule has 11 heteroatoms. The molecule has 0 bridgehead atoms. The first kappa shape index (κ1) is 28.3. The second kappa shape index (κ2) is 12.1. The number of amides is 1. The number of allylic oxidation sites excluding steroid dienone is 1. The number of hydrazone groups is 1. The number of ether oxygens (including phenoxy) is 2. The molecule has 3 aromatic carbocycles. The van der Waals surface area contributed by atoms with Crippen LogP contribution in [-0.2, 0) is 9.53 Å². The molecule has 41 heavy (non-hydrogen) atoms. The predicted octanol–water partition coefficient (Wildman–Crippen LogP) is 6.89. The highest BCUT2D eigenvalue weighted by molar-refractivity contribution is 6.31. The van der Waals surface area contributed by atoms with Crippen LogP contribution in [0.2, 0.25) is 10.0 Å². The number of fused-ring (bicyclic) bond motifs is 1. The van der Waals surface area contributed by atoms with Crippen LogP contribution in [0.4, 0.5) is 5.69 Å². The summed E-state index contributed by atoms with van der Waals surface area (Å²) >= 11 is 12.3. The Bertz CT molecular complexity index is 1570. The summed E-state index contributed by atoms with van der Waals surface area (Å²) in [5.74, 6) is -1.46. The molecule has 0 N–H and O–H groups in total. The number of carbonyl (C=O) groups is 2.